The van der Waals surface area contributed by atoms with Gasteiger partial charge < -0.3 is 15.2 Å². The zero-order chi connectivity index (χ0) is 18.4. The van der Waals surface area contributed by atoms with E-state index >= 15 is 0 Å². The van der Waals surface area contributed by atoms with Crippen LogP contribution in [0.1, 0.15) is 37.7 Å². The minimum absolute atomic E-state index is 0.0388. The third kappa shape index (κ3) is 6.28. The number of carboxylic acids is 1. The molecule has 138 valence electrons. The van der Waals surface area contributed by atoms with E-state index in [0.29, 0.717) is 31.2 Å². The minimum Gasteiger partial charge on any atom is -0.481 e. The van der Waals surface area contributed by atoms with E-state index in [2.05, 4.69) is 10.1 Å². The normalized spacial score (nSPS) is 20.8. The van der Waals surface area contributed by atoms with Gasteiger partial charge in [-0.1, -0.05) is 18.2 Å². The van der Waals surface area contributed by atoms with Crippen molar-refractivity contribution in [2.24, 2.45) is 5.92 Å². The number of carboxylic acid groups (broad SMARTS) is 1. The molecular weight excluding hydrogens is 339 g/mol. The summed E-state index contributed by atoms with van der Waals surface area (Å²) >= 11 is 0. The second kappa shape index (κ2) is 8.22. The Balaban J connectivity index is 1.82. The van der Waals surface area contributed by atoms with E-state index in [-0.39, 0.29) is 36.5 Å². The van der Waals surface area contributed by atoms with Crippen molar-refractivity contribution in [1.82, 2.24) is 5.32 Å². The van der Waals surface area contributed by atoms with Crippen molar-refractivity contribution in [3.63, 3.8) is 0 Å². The number of benzene rings is 1. The summed E-state index contributed by atoms with van der Waals surface area (Å²) in [5.74, 6) is -1.74. The predicted octanol–water partition coefficient (Wildman–Crippen LogP) is 3.28. The molecule has 1 aliphatic carbocycles. The van der Waals surface area contributed by atoms with Gasteiger partial charge in [-0.25, -0.2) is 0 Å². The number of halogens is 3. The maximum Gasteiger partial charge on any atom is 0.573 e. The van der Waals surface area contributed by atoms with Crippen molar-refractivity contribution in [3.05, 3.63) is 29.8 Å². The van der Waals surface area contributed by atoms with Gasteiger partial charge in [0.05, 0.1) is 5.92 Å². The van der Waals surface area contributed by atoms with E-state index in [1.807, 2.05) is 0 Å². The number of nitrogens with one attached hydrogen (secondary N) is 1. The van der Waals surface area contributed by atoms with Crippen molar-refractivity contribution in [1.29, 1.82) is 0 Å². The average Bonchev–Trinajstić information content (AvgIpc) is 2.53. The molecule has 0 aromatic heterocycles. The molecule has 2 N–H and O–H groups in total. The molecule has 25 heavy (non-hydrogen) atoms. The fraction of sp³-hybridized carbons (Fsp3) is 0.529. The van der Waals surface area contributed by atoms with Crippen molar-refractivity contribution in [2.75, 3.05) is 0 Å². The number of carbonyl (C=O) groups is 2. The van der Waals surface area contributed by atoms with Crippen LogP contribution >= 0.6 is 0 Å². The molecule has 5 nitrogen and oxygen atoms in total. The second-order valence-corrected chi connectivity index (χ2v) is 6.11. The van der Waals surface area contributed by atoms with Gasteiger partial charge in [-0.3, -0.25) is 9.59 Å². The highest BCUT2D eigenvalue weighted by Gasteiger charge is 2.32. The van der Waals surface area contributed by atoms with Crippen LogP contribution in [0.5, 0.6) is 5.75 Å². The Kier molecular flexibility index (Phi) is 6.27. The lowest BCUT2D eigenvalue weighted by Crippen LogP contribution is -2.38. The molecule has 0 unspecified atom stereocenters. The number of hydrogen-bond acceptors (Lipinski definition) is 3. The second-order valence-electron chi connectivity index (χ2n) is 6.11. The number of ether oxygens (including phenoxy) is 1. The van der Waals surface area contributed by atoms with E-state index in [9.17, 15) is 22.8 Å². The van der Waals surface area contributed by atoms with Gasteiger partial charge in [0.25, 0.3) is 0 Å². The molecule has 0 spiro atoms. The lowest BCUT2D eigenvalue weighted by molar-refractivity contribution is -0.274. The first-order valence-electron chi connectivity index (χ1n) is 8.10. The molecule has 0 bridgehead atoms. The largest absolute Gasteiger partial charge is 0.573 e. The summed E-state index contributed by atoms with van der Waals surface area (Å²) in [5.41, 5.74) is 0.310. The first kappa shape index (κ1) is 19.1. The maximum absolute atomic E-state index is 12.4. The lowest BCUT2D eigenvalue weighted by atomic mass is 9.86. The van der Waals surface area contributed by atoms with E-state index in [1.165, 1.54) is 18.2 Å². The molecule has 0 atom stereocenters. The van der Waals surface area contributed by atoms with Gasteiger partial charge in [-0.05, 0) is 43.7 Å². The molecule has 1 amide bonds. The fourth-order valence-corrected chi connectivity index (χ4v) is 2.97. The molecule has 0 aliphatic heterocycles. The Morgan fingerprint density at radius 1 is 1.16 bits per heavy atom. The van der Waals surface area contributed by atoms with Crippen LogP contribution in [0, 0.1) is 5.92 Å². The molecule has 2 rings (SSSR count). The molecule has 0 saturated heterocycles. The first-order valence-corrected chi connectivity index (χ1v) is 8.10. The van der Waals surface area contributed by atoms with Gasteiger partial charge in [0.2, 0.25) is 5.91 Å². The topological polar surface area (TPSA) is 75.6 Å². The molecule has 8 heteroatoms. The number of hydrogen-bond donors (Lipinski definition) is 2. The molecular formula is C17H20F3NO4. The van der Waals surface area contributed by atoms with Crippen LogP contribution in [0.25, 0.3) is 0 Å². The number of alkyl halides is 3. The first-order chi connectivity index (χ1) is 11.7. The van der Waals surface area contributed by atoms with E-state index in [0.717, 1.165) is 0 Å². The molecule has 1 aromatic rings. The Labute approximate surface area is 143 Å². The van der Waals surface area contributed by atoms with Gasteiger partial charge in [0.1, 0.15) is 5.75 Å². The summed E-state index contributed by atoms with van der Waals surface area (Å²) in [4.78, 5) is 22.9. The Morgan fingerprint density at radius 2 is 1.80 bits per heavy atom. The predicted molar refractivity (Wildman–Crippen MR) is 83.0 cm³/mol. The zero-order valence-corrected chi connectivity index (χ0v) is 13.5. The van der Waals surface area contributed by atoms with Crippen LogP contribution in [0.2, 0.25) is 0 Å². The summed E-state index contributed by atoms with van der Waals surface area (Å²) in [6.07, 6.45) is -2.39. The third-order valence-corrected chi connectivity index (χ3v) is 4.26. The summed E-state index contributed by atoms with van der Waals surface area (Å²) in [6, 6.07) is 5.65. The summed E-state index contributed by atoms with van der Waals surface area (Å²) in [7, 11) is 0. The highest BCUT2D eigenvalue weighted by molar-refractivity contribution is 5.76. The van der Waals surface area contributed by atoms with Crippen LogP contribution in [-0.4, -0.2) is 29.4 Å². The number of amides is 1. The van der Waals surface area contributed by atoms with E-state index in [1.54, 1.807) is 6.07 Å². The lowest BCUT2D eigenvalue weighted by Gasteiger charge is -2.26. The van der Waals surface area contributed by atoms with Crippen molar-refractivity contribution >= 4 is 11.9 Å². The van der Waals surface area contributed by atoms with Crippen LogP contribution < -0.4 is 10.1 Å². The van der Waals surface area contributed by atoms with E-state index < -0.39 is 12.3 Å². The summed E-state index contributed by atoms with van der Waals surface area (Å²) in [5, 5.41) is 11.8. The van der Waals surface area contributed by atoms with Crippen LogP contribution in [-0.2, 0) is 16.0 Å². The zero-order valence-electron chi connectivity index (χ0n) is 13.5. The van der Waals surface area contributed by atoms with Crippen molar-refractivity contribution in [2.45, 2.75) is 50.9 Å². The van der Waals surface area contributed by atoms with Crippen molar-refractivity contribution in [3.8, 4) is 5.75 Å². The smallest absolute Gasteiger partial charge is 0.481 e. The highest BCUT2D eigenvalue weighted by Crippen LogP contribution is 2.27. The average molecular weight is 359 g/mol. The highest BCUT2D eigenvalue weighted by atomic mass is 19.4. The number of aryl methyl sites for hydroxylation is 1. The van der Waals surface area contributed by atoms with Gasteiger partial charge in [0.15, 0.2) is 0 Å². The van der Waals surface area contributed by atoms with Gasteiger partial charge >= 0.3 is 12.3 Å². The molecule has 0 radical (unpaired) electrons. The van der Waals surface area contributed by atoms with Crippen LogP contribution in [0.3, 0.4) is 0 Å². The van der Waals surface area contributed by atoms with Gasteiger partial charge in [-0.15, -0.1) is 13.2 Å². The van der Waals surface area contributed by atoms with Crippen molar-refractivity contribution < 1.29 is 32.6 Å². The number of aliphatic carboxylic acids is 1. The monoisotopic (exact) mass is 359 g/mol. The van der Waals surface area contributed by atoms with Gasteiger partial charge in [-0.2, -0.15) is 0 Å². The SMILES string of the molecule is O=C(CCc1ccccc1OC(F)(F)F)NC1CCC(C(=O)O)CC1. The molecule has 1 saturated carbocycles. The minimum atomic E-state index is -4.78. The number of rotatable bonds is 6. The number of carbonyl (C=O) groups excluding carboxylic acids is 1. The standard InChI is InChI=1S/C17H20F3NO4/c18-17(19,20)25-14-4-2-1-3-11(14)7-10-15(22)21-13-8-5-12(6-9-13)16(23)24/h1-4,12-13H,5-10H2,(H,21,22)(H,23,24). The van der Waals surface area contributed by atoms with Crippen LogP contribution in [0.4, 0.5) is 13.2 Å². The Bertz CT molecular complexity index is 610. The number of para-hydroxylation sites is 1. The molecule has 1 aromatic carbocycles. The van der Waals surface area contributed by atoms with Gasteiger partial charge in [0, 0.05) is 12.5 Å². The molecule has 1 aliphatic rings. The van der Waals surface area contributed by atoms with E-state index in [4.69, 9.17) is 5.11 Å². The molecule has 0 heterocycles. The van der Waals surface area contributed by atoms with Crippen LogP contribution in [0.15, 0.2) is 24.3 Å². The summed E-state index contributed by atoms with van der Waals surface area (Å²) < 4.78 is 41.1. The Morgan fingerprint density at radius 3 is 2.40 bits per heavy atom. The quantitative estimate of drug-likeness (QED) is 0.817. The third-order valence-electron chi connectivity index (χ3n) is 4.26. The maximum atomic E-state index is 12.4. The summed E-state index contributed by atoms with van der Waals surface area (Å²) in [6.45, 7) is 0. The Hall–Kier alpha value is -2.25. The fourth-order valence-electron chi connectivity index (χ4n) is 2.97. The molecule has 1 fully saturated rings.